The van der Waals surface area contributed by atoms with Crippen molar-refractivity contribution in [2.45, 2.75) is 45.3 Å². The summed E-state index contributed by atoms with van der Waals surface area (Å²) in [5.74, 6) is -0.431. The number of ether oxygens (including phenoxy) is 2. The minimum atomic E-state index is -0.580. The van der Waals surface area contributed by atoms with E-state index in [0.29, 0.717) is 11.3 Å². The zero-order chi connectivity index (χ0) is 17.7. The first-order valence-electron chi connectivity index (χ1n) is 8.32. The van der Waals surface area contributed by atoms with E-state index >= 15 is 0 Å². The van der Waals surface area contributed by atoms with Crippen molar-refractivity contribution in [1.82, 2.24) is 5.32 Å². The van der Waals surface area contributed by atoms with Crippen LogP contribution in [-0.4, -0.2) is 37.7 Å². The van der Waals surface area contributed by atoms with Crippen LogP contribution in [0.2, 0.25) is 0 Å². The molecule has 6 heteroatoms. The largest absolute Gasteiger partial charge is 0.483 e. The molecular weight excluding hydrogens is 308 g/mol. The van der Waals surface area contributed by atoms with E-state index in [1.54, 1.807) is 31.4 Å². The van der Waals surface area contributed by atoms with E-state index in [4.69, 9.17) is 15.2 Å². The summed E-state index contributed by atoms with van der Waals surface area (Å²) in [7, 11) is 1.72. The van der Waals surface area contributed by atoms with Gasteiger partial charge < -0.3 is 20.5 Å². The Kier molecular flexibility index (Phi) is 5.83. The maximum absolute atomic E-state index is 12.7. The fraction of sp³-hybridized carbons (Fsp3) is 0.556. The van der Waals surface area contributed by atoms with Gasteiger partial charge >= 0.3 is 0 Å². The van der Waals surface area contributed by atoms with Gasteiger partial charge in [0.15, 0.2) is 6.61 Å². The molecule has 6 nitrogen and oxygen atoms in total. The second-order valence-corrected chi connectivity index (χ2v) is 6.18. The maximum Gasteiger partial charge on any atom is 0.255 e. The minimum absolute atomic E-state index is 0.0343. The van der Waals surface area contributed by atoms with Crippen molar-refractivity contribution >= 4 is 11.8 Å². The van der Waals surface area contributed by atoms with Crippen molar-refractivity contribution in [3.8, 4) is 5.75 Å². The molecule has 1 aromatic rings. The highest BCUT2D eigenvalue weighted by Crippen LogP contribution is 2.48. The molecule has 1 saturated carbocycles. The fourth-order valence-electron chi connectivity index (χ4n) is 3.64. The number of hydrogen-bond acceptors (Lipinski definition) is 4. The van der Waals surface area contributed by atoms with Crippen LogP contribution in [0.25, 0.3) is 0 Å². The zero-order valence-electron chi connectivity index (χ0n) is 14.5. The predicted molar refractivity (Wildman–Crippen MR) is 90.8 cm³/mol. The Labute approximate surface area is 142 Å². The second kappa shape index (κ2) is 7.66. The van der Waals surface area contributed by atoms with Crippen molar-refractivity contribution in [1.29, 1.82) is 0 Å². The average Bonchev–Trinajstić information content (AvgIpc) is 2.57. The fourth-order valence-corrected chi connectivity index (χ4v) is 3.64. The third-order valence-corrected chi connectivity index (χ3v) is 5.19. The van der Waals surface area contributed by atoms with Crippen LogP contribution in [-0.2, 0) is 9.53 Å². The lowest BCUT2D eigenvalue weighted by Gasteiger charge is -2.55. The van der Waals surface area contributed by atoms with E-state index in [-0.39, 0.29) is 30.1 Å². The van der Waals surface area contributed by atoms with Gasteiger partial charge in [0.05, 0.1) is 11.7 Å². The van der Waals surface area contributed by atoms with Crippen LogP contribution in [0.15, 0.2) is 24.3 Å². The van der Waals surface area contributed by atoms with E-state index in [0.717, 1.165) is 19.3 Å². The van der Waals surface area contributed by atoms with Crippen LogP contribution in [0.1, 0.15) is 43.5 Å². The number of methoxy groups -OCH3 is 1. The van der Waals surface area contributed by atoms with Gasteiger partial charge in [0.25, 0.3) is 11.8 Å². The summed E-state index contributed by atoms with van der Waals surface area (Å²) in [6, 6.07) is 6.91. The highest BCUT2D eigenvalue weighted by molar-refractivity contribution is 5.97. The molecule has 24 heavy (non-hydrogen) atoms. The molecule has 2 atom stereocenters. The summed E-state index contributed by atoms with van der Waals surface area (Å²) in [6.45, 7) is 3.99. The Hall–Kier alpha value is -2.08. The van der Waals surface area contributed by atoms with Gasteiger partial charge in [-0.3, -0.25) is 9.59 Å². The van der Waals surface area contributed by atoms with E-state index in [9.17, 15) is 9.59 Å². The molecule has 0 aromatic heterocycles. The van der Waals surface area contributed by atoms with Gasteiger partial charge in [-0.1, -0.05) is 26.0 Å². The minimum Gasteiger partial charge on any atom is -0.483 e. The maximum atomic E-state index is 12.7. The number of nitrogens with one attached hydrogen (secondary N) is 1. The highest BCUT2D eigenvalue weighted by atomic mass is 16.5. The number of carbonyl (C=O) groups excluding carboxylic acids is 2. The topological polar surface area (TPSA) is 90.6 Å². The van der Waals surface area contributed by atoms with Crippen LogP contribution >= 0.6 is 0 Å². The van der Waals surface area contributed by atoms with Crippen molar-refractivity contribution in [2.24, 2.45) is 11.1 Å². The smallest absolute Gasteiger partial charge is 0.255 e. The Morgan fingerprint density at radius 3 is 2.54 bits per heavy atom. The molecule has 2 rings (SSSR count). The molecule has 0 saturated heterocycles. The molecule has 1 aliphatic rings. The van der Waals surface area contributed by atoms with E-state index in [1.165, 1.54) is 0 Å². The monoisotopic (exact) mass is 334 g/mol. The quantitative estimate of drug-likeness (QED) is 0.759. The van der Waals surface area contributed by atoms with Gasteiger partial charge in [-0.15, -0.1) is 0 Å². The van der Waals surface area contributed by atoms with Gasteiger partial charge in [-0.2, -0.15) is 0 Å². The summed E-state index contributed by atoms with van der Waals surface area (Å²) < 4.78 is 10.9. The first kappa shape index (κ1) is 18.3. The molecule has 3 N–H and O–H groups in total. The van der Waals surface area contributed by atoms with Crippen LogP contribution in [0, 0.1) is 5.41 Å². The number of hydrogen-bond donors (Lipinski definition) is 2. The summed E-state index contributed by atoms with van der Waals surface area (Å²) in [5, 5.41) is 3.10. The lowest BCUT2D eigenvalue weighted by molar-refractivity contribution is -0.120. The summed E-state index contributed by atoms with van der Waals surface area (Å²) in [4.78, 5) is 23.6. The van der Waals surface area contributed by atoms with E-state index < -0.39 is 5.91 Å². The number of nitrogens with two attached hydrogens (primary N) is 1. The molecule has 1 aromatic carbocycles. The molecule has 0 radical (unpaired) electrons. The molecular formula is C18H26N2O4. The van der Waals surface area contributed by atoms with Crippen LogP contribution in [0.3, 0.4) is 0 Å². The van der Waals surface area contributed by atoms with Gasteiger partial charge in [0, 0.05) is 18.6 Å². The molecule has 132 valence electrons. The standard InChI is InChI=1S/C18H26N2O4/c1-4-18(5-2)14(10-15(18)23-3)20-17(22)12-8-6-7-9-13(12)24-11-16(19)21/h6-9,14-15H,4-5,10-11H2,1-3H3,(H2,19,21)(H,20,22). The van der Waals surface area contributed by atoms with E-state index in [1.807, 2.05) is 0 Å². The number of para-hydroxylation sites is 1. The number of benzene rings is 1. The first-order chi connectivity index (χ1) is 11.5. The number of carbonyl (C=O) groups is 2. The van der Waals surface area contributed by atoms with Gasteiger partial charge in [-0.25, -0.2) is 0 Å². The molecule has 0 aliphatic heterocycles. The molecule has 1 aliphatic carbocycles. The molecule has 0 heterocycles. The Bertz CT molecular complexity index is 598. The van der Waals surface area contributed by atoms with Crippen molar-refractivity contribution in [3.63, 3.8) is 0 Å². The average molecular weight is 334 g/mol. The third kappa shape index (κ3) is 3.38. The normalized spacial score (nSPS) is 21.6. The lowest BCUT2D eigenvalue weighted by Crippen LogP contribution is -2.64. The van der Waals surface area contributed by atoms with Crippen LogP contribution in [0.4, 0.5) is 0 Å². The van der Waals surface area contributed by atoms with Crippen molar-refractivity contribution in [3.05, 3.63) is 29.8 Å². The molecule has 0 bridgehead atoms. The predicted octanol–water partition coefficient (Wildman–Crippen LogP) is 1.87. The number of rotatable bonds is 8. The zero-order valence-corrected chi connectivity index (χ0v) is 14.5. The molecule has 1 fully saturated rings. The van der Waals surface area contributed by atoms with Crippen molar-refractivity contribution < 1.29 is 19.1 Å². The summed E-state index contributed by atoms with van der Waals surface area (Å²) in [5.41, 5.74) is 5.47. The van der Waals surface area contributed by atoms with E-state index in [2.05, 4.69) is 19.2 Å². The molecule has 0 spiro atoms. The van der Waals surface area contributed by atoms with Crippen LogP contribution < -0.4 is 15.8 Å². The summed E-state index contributed by atoms with van der Waals surface area (Å²) >= 11 is 0. The summed E-state index contributed by atoms with van der Waals surface area (Å²) in [6.07, 6.45) is 2.84. The van der Waals surface area contributed by atoms with Gasteiger partial charge in [-0.05, 0) is 31.4 Å². The SMILES string of the molecule is CCC1(CC)C(NC(=O)c2ccccc2OCC(N)=O)CC1OC. The Balaban J connectivity index is 2.12. The van der Waals surface area contributed by atoms with Gasteiger partial charge in [0.1, 0.15) is 5.75 Å². The van der Waals surface area contributed by atoms with Crippen molar-refractivity contribution in [2.75, 3.05) is 13.7 Å². The van der Waals surface area contributed by atoms with Gasteiger partial charge in [0.2, 0.25) is 0 Å². The highest BCUT2D eigenvalue weighted by Gasteiger charge is 2.53. The Morgan fingerprint density at radius 1 is 1.29 bits per heavy atom. The lowest BCUT2D eigenvalue weighted by atomic mass is 9.58. The second-order valence-electron chi connectivity index (χ2n) is 6.18. The molecule has 2 amide bonds. The third-order valence-electron chi connectivity index (χ3n) is 5.19. The van der Waals surface area contributed by atoms with Crippen LogP contribution in [0.5, 0.6) is 5.75 Å². The number of amides is 2. The first-order valence-corrected chi connectivity index (χ1v) is 8.32. The number of primary amides is 1. The Morgan fingerprint density at radius 2 is 1.96 bits per heavy atom. The molecule has 2 unspecified atom stereocenters.